The van der Waals surface area contributed by atoms with Crippen LogP contribution in [0.3, 0.4) is 0 Å². The zero-order valence-electron chi connectivity index (χ0n) is 12.0. The van der Waals surface area contributed by atoms with Crippen LogP contribution in [0.4, 0.5) is 5.69 Å². The average Bonchev–Trinajstić information content (AvgIpc) is 2.73. The summed E-state index contributed by atoms with van der Waals surface area (Å²) < 4.78 is 47.0. The lowest BCUT2D eigenvalue weighted by Crippen LogP contribution is -2.35. The third kappa shape index (κ3) is 3.75. The van der Waals surface area contributed by atoms with E-state index in [0.717, 1.165) is 31.8 Å². The Labute approximate surface area is 125 Å². The van der Waals surface area contributed by atoms with E-state index in [4.69, 9.17) is 5.73 Å². The van der Waals surface area contributed by atoms with E-state index in [0.29, 0.717) is 5.69 Å². The minimum absolute atomic E-state index is 0.00887. The quantitative estimate of drug-likeness (QED) is 0.844. The van der Waals surface area contributed by atoms with E-state index in [9.17, 15) is 16.8 Å². The topological polar surface area (TPSA) is 106 Å². The number of rotatable bonds is 4. The van der Waals surface area contributed by atoms with Crippen molar-refractivity contribution in [3.8, 4) is 0 Å². The van der Waals surface area contributed by atoms with Crippen LogP contribution < -0.4 is 11.1 Å². The van der Waals surface area contributed by atoms with Crippen LogP contribution in [0.25, 0.3) is 0 Å². The van der Waals surface area contributed by atoms with Crippen molar-refractivity contribution in [1.82, 2.24) is 0 Å². The van der Waals surface area contributed by atoms with Crippen LogP contribution in [0, 0.1) is 0 Å². The fraction of sp³-hybridized carbons (Fsp3) is 0.538. The standard InChI is InChI=1S/C13H20N2O4S2/c1-20(16,17)9-6-7-12(13(8-9)21(2,18)19)15-11-5-3-4-10(11)14/h6-8,10-11,15H,3-5,14H2,1-2H3. The molecule has 0 heterocycles. The molecule has 0 aliphatic heterocycles. The molecule has 1 saturated carbocycles. The molecule has 1 aliphatic rings. The number of nitrogens with one attached hydrogen (secondary N) is 1. The fourth-order valence-electron chi connectivity index (χ4n) is 2.53. The van der Waals surface area contributed by atoms with Gasteiger partial charge in [0.15, 0.2) is 19.7 Å². The molecule has 21 heavy (non-hydrogen) atoms. The highest BCUT2D eigenvalue weighted by atomic mass is 32.2. The van der Waals surface area contributed by atoms with Gasteiger partial charge in [-0.3, -0.25) is 0 Å². The fourth-order valence-corrected chi connectivity index (χ4v) is 4.12. The van der Waals surface area contributed by atoms with Gasteiger partial charge in [-0.1, -0.05) is 0 Å². The summed E-state index contributed by atoms with van der Waals surface area (Å²) in [4.78, 5) is -0.0197. The van der Waals surface area contributed by atoms with Crippen molar-refractivity contribution in [1.29, 1.82) is 0 Å². The minimum atomic E-state index is -3.54. The molecule has 2 unspecified atom stereocenters. The van der Waals surface area contributed by atoms with Gasteiger partial charge in [-0.15, -0.1) is 0 Å². The van der Waals surface area contributed by atoms with Crippen molar-refractivity contribution >= 4 is 25.4 Å². The van der Waals surface area contributed by atoms with E-state index in [1.165, 1.54) is 18.2 Å². The first-order valence-electron chi connectivity index (χ1n) is 6.65. The number of anilines is 1. The van der Waals surface area contributed by atoms with Gasteiger partial charge in [0, 0.05) is 24.6 Å². The van der Waals surface area contributed by atoms with Crippen LogP contribution in [-0.4, -0.2) is 41.4 Å². The Balaban J connectivity index is 2.46. The van der Waals surface area contributed by atoms with Crippen LogP contribution >= 0.6 is 0 Å². The van der Waals surface area contributed by atoms with Crippen LogP contribution in [0.15, 0.2) is 28.0 Å². The maximum Gasteiger partial charge on any atom is 0.177 e. The first kappa shape index (κ1) is 16.3. The third-order valence-corrected chi connectivity index (χ3v) is 5.94. The largest absolute Gasteiger partial charge is 0.380 e. The maximum atomic E-state index is 11.9. The average molecular weight is 332 g/mol. The summed E-state index contributed by atoms with van der Waals surface area (Å²) in [6, 6.07) is 4.10. The Morgan fingerprint density at radius 2 is 1.76 bits per heavy atom. The highest BCUT2D eigenvalue weighted by Gasteiger charge is 2.26. The third-order valence-electron chi connectivity index (χ3n) is 3.69. The lowest BCUT2D eigenvalue weighted by molar-refractivity contribution is 0.599. The molecule has 1 fully saturated rings. The lowest BCUT2D eigenvalue weighted by atomic mass is 10.1. The molecule has 2 atom stereocenters. The summed E-state index contributed by atoms with van der Waals surface area (Å²) in [6.45, 7) is 0. The van der Waals surface area contributed by atoms with Gasteiger partial charge >= 0.3 is 0 Å². The van der Waals surface area contributed by atoms with Gasteiger partial charge < -0.3 is 11.1 Å². The Morgan fingerprint density at radius 1 is 1.10 bits per heavy atom. The molecule has 0 radical (unpaired) electrons. The van der Waals surface area contributed by atoms with Crippen LogP contribution in [0.2, 0.25) is 0 Å². The Hall–Kier alpha value is -1.12. The zero-order chi connectivity index (χ0) is 15.8. The molecule has 8 heteroatoms. The molecule has 118 valence electrons. The molecule has 0 amide bonds. The lowest BCUT2D eigenvalue weighted by Gasteiger charge is -2.20. The highest BCUT2D eigenvalue weighted by Crippen LogP contribution is 2.28. The van der Waals surface area contributed by atoms with Crippen LogP contribution in [-0.2, 0) is 19.7 Å². The van der Waals surface area contributed by atoms with E-state index in [-0.39, 0.29) is 21.9 Å². The minimum Gasteiger partial charge on any atom is -0.380 e. The summed E-state index contributed by atoms with van der Waals surface area (Å²) in [5.74, 6) is 0. The van der Waals surface area contributed by atoms with Crippen LogP contribution in [0.5, 0.6) is 0 Å². The normalized spacial score (nSPS) is 23.2. The molecular weight excluding hydrogens is 312 g/mol. The predicted molar refractivity (Wildman–Crippen MR) is 81.9 cm³/mol. The molecule has 0 aromatic heterocycles. The van der Waals surface area contributed by atoms with Gasteiger partial charge in [0.05, 0.1) is 15.5 Å². The number of hydrogen-bond acceptors (Lipinski definition) is 6. The van der Waals surface area contributed by atoms with Crippen molar-refractivity contribution in [2.75, 3.05) is 17.8 Å². The second-order valence-corrected chi connectivity index (χ2v) is 9.55. The first-order valence-corrected chi connectivity index (χ1v) is 10.4. The van der Waals surface area contributed by atoms with Crippen molar-refractivity contribution in [2.45, 2.75) is 41.1 Å². The summed E-state index contributed by atoms with van der Waals surface area (Å²) in [5, 5.41) is 3.15. The summed E-state index contributed by atoms with van der Waals surface area (Å²) in [7, 11) is -7.00. The van der Waals surface area contributed by atoms with E-state index < -0.39 is 19.7 Å². The monoisotopic (exact) mass is 332 g/mol. The van der Waals surface area contributed by atoms with Gasteiger partial charge in [0.1, 0.15) is 0 Å². The Kier molecular flexibility index (Phi) is 4.32. The number of nitrogens with two attached hydrogens (primary N) is 1. The predicted octanol–water partition coefficient (Wildman–Crippen LogP) is 0.785. The number of hydrogen-bond donors (Lipinski definition) is 2. The molecule has 0 spiro atoms. The Bertz CT molecular complexity index is 741. The second kappa shape index (κ2) is 5.58. The van der Waals surface area contributed by atoms with Crippen molar-refractivity contribution in [2.24, 2.45) is 5.73 Å². The highest BCUT2D eigenvalue weighted by molar-refractivity contribution is 7.91. The van der Waals surface area contributed by atoms with Crippen molar-refractivity contribution < 1.29 is 16.8 Å². The summed E-state index contributed by atoms with van der Waals surface area (Å²) in [6.07, 6.45) is 4.88. The molecule has 3 N–H and O–H groups in total. The zero-order valence-corrected chi connectivity index (χ0v) is 13.7. The molecular formula is C13H20N2O4S2. The SMILES string of the molecule is CS(=O)(=O)c1ccc(NC2CCCC2N)c(S(C)(=O)=O)c1. The van der Waals surface area contributed by atoms with Crippen LogP contribution in [0.1, 0.15) is 19.3 Å². The maximum absolute atomic E-state index is 11.9. The smallest absolute Gasteiger partial charge is 0.177 e. The second-order valence-electron chi connectivity index (χ2n) is 5.55. The number of sulfone groups is 2. The van der Waals surface area contributed by atoms with Gasteiger partial charge in [0.25, 0.3) is 0 Å². The van der Waals surface area contributed by atoms with E-state index in [1.807, 2.05) is 0 Å². The van der Waals surface area contributed by atoms with E-state index >= 15 is 0 Å². The molecule has 6 nitrogen and oxygen atoms in total. The van der Waals surface area contributed by atoms with Gasteiger partial charge in [-0.25, -0.2) is 16.8 Å². The molecule has 0 saturated heterocycles. The molecule has 0 bridgehead atoms. The molecule has 1 aromatic carbocycles. The van der Waals surface area contributed by atoms with Gasteiger partial charge in [-0.05, 0) is 37.5 Å². The summed E-state index contributed by atoms with van der Waals surface area (Å²) >= 11 is 0. The van der Waals surface area contributed by atoms with E-state index in [2.05, 4.69) is 5.32 Å². The summed E-state index contributed by atoms with van der Waals surface area (Å²) in [5.41, 5.74) is 6.39. The van der Waals surface area contributed by atoms with Crippen molar-refractivity contribution in [3.05, 3.63) is 18.2 Å². The van der Waals surface area contributed by atoms with Gasteiger partial charge in [-0.2, -0.15) is 0 Å². The van der Waals surface area contributed by atoms with Gasteiger partial charge in [0.2, 0.25) is 0 Å². The molecule has 2 rings (SSSR count). The molecule has 1 aliphatic carbocycles. The Morgan fingerprint density at radius 3 is 2.24 bits per heavy atom. The van der Waals surface area contributed by atoms with Crippen molar-refractivity contribution in [3.63, 3.8) is 0 Å². The first-order chi connectivity index (χ1) is 9.59. The molecule has 1 aromatic rings. The number of benzene rings is 1. The van der Waals surface area contributed by atoms with E-state index in [1.54, 1.807) is 0 Å².